The van der Waals surface area contributed by atoms with Gasteiger partial charge < -0.3 is 15.7 Å². The van der Waals surface area contributed by atoms with Crippen molar-refractivity contribution in [3.63, 3.8) is 0 Å². The summed E-state index contributed by atoms with van der Waals surface area (Å²) < 4.78 is 13.2. The third-order valence-corrected chi connectivity index (χ3v) is 4.98. The highest BCUT2D eigenvalue weighted by molar-refractivity contribution is 6.53. The van der Waals surface area contributed by atoms with Gasteiger partial charge in [-0.1, -0.05) is 17.7 Å². The minimum absolute atomic E-state index is 0.0739. The molecule has 3 aromatic carbocycles. The fraction of sp³-hybridized carbons (Fsp3) is 0. The number of nitrogens with one attached hydrogen (secondary N) is 2. The van der Waals surface area contributed by atoms with Gasteiger partial charge in [0.05, 0.1) is 5.69 Å². The molecule has 0 saturated carbocycles. The predicted octanol–water partition coefficient (Wildman–Crippen LogP) is 4.22. The van der Waals surface area contributed by atoms with Crippen molar-refractivity contribution in [2.24, 2.45) is 0 Å². The average molecular weight is 452 g/mol. The Hall–Kier alpha value is -4.17. The number of amides is 3. The third-order valence-electron chi connectivity index (χ3n) is 4.63. The highest BCUT2D eigenvalue weighted by Crippen LogP contribution is 2.30. The van der Waals surface area contributed by atoms with Crippen molar-refractivity contribution in [3.05, 3.63) is 94.9 Å². The van der Waals surface area contributed by atoms with Gasteiger partial charge in [0.15, 0.2) is 0 Å². The Labute approximate surface area is 186 Å². The van der Waals surface area contributed by atoms with Crippen molar-refractivity contribution in [3.8, 4) is 5.75 Å². The summed E-state index contributed by atoms with van der Waals surface area (Å²) in [6, 6.07) is 17.1. The molecule has 9 heteroatoms. The van der Waals surface area contributed by atoms with E-state index in [0.29, 0.717) is 11.4 Å². The van der Waals surface area contributed by atoms with Crippen molar-refractivity contribution in [2.45, 2.75) is 0 Å². The average Bonchev–Trinajstić information content (AvgIpc) is 2.99. The van der Waals surface area contributed by atoms with Crippen LogP contribution in [0.3, 0.4) is 0 Å². The number of rotatable bonds is 5. The smallest absolute Gasteiger partial charge is 0.283 e. The first kappa shape index (κ1) is 21.1. The minimum atomic E-state index is -0.744. The molecule has 3 aromatic rings. The van der Waals surface area contributed by atoms with Crippen LogP contribution in [0.1, 0.15) is 10.4 Å². The number of hydrogen-bond donors (Lipinski definition) is 3. The summed E-state index contributed by atoms with van der Waals surface area (Å²) in [6.07, 6.45) is 0. The summed E-state index contributed by atoms with van der Waals surface area (Å²) in [6.45, 7) is 0. The first-order valence-corrected chi connectivity index (χ1v) is 9.73. The number of halogens is 2. The molecular formula is C23H15ClFN3O4. The van der Waals surface area contributed by atoms with E-state index in [1.807, 2.05) is 0 Å². The Morgan fingerprint density at radius 3 is 2.28 bits per heavy atom. The number of phenols is 1. The lowest BCUT2D eigenvalue weighted by molar-refractivity contribution is -0.120. The SMILES string of the molecule is O=C(Nc1ccc(O)cc1)c1cccc(NC2=C(Cl)C(=O)N(c3ccc(F)cc3)C2=O)c1. The molecule has 1 aliphatic rings. The molecule has 160 valence electrons. The number of carbonyl (C=O) groups is 3. The molecule has 0 bridgehead atoms. The van der Waals surface area contributed by atoms with Crippen LogP contribution in [0.15, 0.2) is 83.5 Å². The number of hydrogen-bond acceptors (Lipinski definition) is 5. The van der Waals surface area contributed by atoms with Crippen LogP contribution in [0.5, 0.6) is 5.75 Å². The molecule has 7 nitrogen and oxygen atoms in total. The van der Waals surface area contributed by atoms with Crippen LogP contribution in [0, 0.1) is 5.82 Å². The van der Waals surface area contributed by atoms with Crippen LogP contribution >= 0.6 is 11.6 Å². The molecule has 0 unspecified atom stereocenters. The topological polar surface area (TPSA) is 98.7 Å². The second-order valence-electron chi connectivity index (χ2n) is 6.82. The van der Waals surface area contributed by atoms with Gasteiger partial charge in [0.1, 0.15) is 22.3 Å². The Bertz CT molecular complexity index is 1260. The third kappa shape index (κ3) is 4.17. The number of imide groups is 1. The lowest BCUT2D eigenvalue weighted by Crippen LogP contribution is -2.32. The monoisotopic (exact) mass is 451 g/mol. The summed E-state index contributed by atoms with van der Waals surface area (Å²) in [5, 5.41) is 14.5. The molecule has 1 aliphatic heterocycles. The van der Waals surface area contributed by atoms with E-state index < -0.39 is 23.5 Å². The standard InChI is InChI=1S/C23H15ClFN3O4/c24-19-20(23(32)28(22(19)31)17-8-4-14(25)5-9-17)26-16-3-1-2-13(12-16)21(30)27-15-6-10-18(29)11-7-15/h1-12,26,29H,(H,27,30). The van der Waals surface area contributed by atoms with Crippen molar-refractivity contribution < 1.29 is 23.9 Å². The van der Waals surface area contributed by atoms with Gasteiger partial charge in [-0.05, 0) is 66.7 Å². The molecule has 3 N–H and O–H groups in total. The van der Waals surface area contributed by atoms with Gasteiger partial charge in [-0.2, -0.15) is 0 Å². The van der Waals surface area contributed by atoms with Gasteiger partial charge in [-0.25, -0.2) is 9.29 Å². The van der Waals surface area contributed by atoms with E-state index in [2.05, 4.69) is 10.6 Å². The van der Waals surface area contributed by atoms with Crippen LogP contribution in [-0.4, -0.2) is 22.8 Å². The summed E-state index contributed by atoms with van der Waals surface area (Å²) in [4.78, 5) is 38.7. The zero-order valence-electron chi connectivity index (χ0n) is 16.3. The molecule has 0 fully saturated rings. The van der Waals surface area contributed by atoms with Crippen LogP contribution < -0.4 is 15.5 Å². The van der Waals surface area contributed by atoms with Gasteiger partial charge in [-0.3, -0.25) is 14.4 Å². The zero-order chi connectivity index (χ0) is 22.8. The lowest BCUT2D eigenvalue weighted by Gasteiger charge is -2.15. The molecule has 0 saturated heterocycles. The number of anilines is 3. The summed E-state index contributed by atoms with van der Waals surface area (Å²) in [5.41, 5.74) is 1.16. The van der Waals surface area contributed by atoms with Crippen LogP contribution in [0.4, 0.5) is 21.5 Å². The number of benzene rings is 3. The Balaban J connectivity index is 1.53. The Morgan fingerprint density at radius 1 is 0.906 bits per heavy atom. The van der Waals surface area contributed by atoms with Gasteiger partial charge in [0.25, 0.3) is 17.7 Å². The van der Waals surface area contributed by atoms with Gasteiger partial charge in [-0.15, -0.1) is 0 Å². The normalized spacial score (nSPS) is 13.5. The van der Waals surface area contributed by atoms with E-state index in [9.17, 15) is 23.9 Å². The van der Waals surface area contributed by atoms with Crippen molar-refractivity contribution in [2.75, 3.05) is 15.5 Å². The zero-order valence-corrected chi connectivity index (χ0v) is 17.1. The highest BCUT2D eigenvalue weighted by atomic mass is 35.5. The lowest BCUT2D eigenvalue weighted by atomic mass is 10.1. The van der Waals surface area contributed by atoms with E-state index in [0.717, 1.165) is 17.0 Å². The molecular weight excluding hydrogens is 437 g/mol. The largest absolute Gasteiger partial charge is 0.508 e. The summed E-state index contributed by atoms with van der Waals surface area (Å²) in [5.74, 6) is -2.30. The van der Waals surface area contributed by atoms with Crippen molar-refractivity contribution in [1.82, 2.24) is 0 Å². The van der Waals surface area contributed by atoms with Crippen LogP contribution in [0.2, 0.25) is 0 Å². The van der Waals surface area contributed by atoms with Crippen LogP contribution in [-0.2, 0) is 9.59 Å². The van der Waals surface area contributed by atoms with E-state index in [1.165, 1.54) is 30.3 Å². The maximum atomic E-state index is 13.2. The number of phenolic OH excluding ortho intramolecular Hbond substituents is 1. The molecule has 3 amide bonds. The number of aromatic hydroxyl groups is 1. The van der Waals surface area contributed by atoms with Crippen LogP contribution in [0.25, 0.3) is 0 Å². The predicted molar refractivity (Wildman–Crippen MR) is 118 cm³/mol. The highest BCUT2D eigenvalue weighted by Gasteiger charge is 2.39. The minimum Gasteiger partial charge on any atom is -0.508 e. The molecule has 0 aromatic heterocycles. The molecule has 1 heterocycles. The number of carbonyl (C=O) groups excluding carboxylic acids is 3. The maximum Gasteiger partial charge on any atom is 0.283 e. The Morgan fingerprint density at radius 2 is 1.59 bits per heavy atom. The molecule has 32 heavy (non-hydrogen) atoms. The van der Waals surface area contributed by atoms with Gasteiger partial charge in [0, 0.05) is 16.9 Å². The Kier molecular flexibility index (Phi) is 5.61. The summed E-state index contributed by atoms with van der Waals surface area (Å²) >= 11 is 6.10. The maximum absolute atomic E-state index is 13.2. The van der Waals surface area contributed by atoms with E-state index >= 15 is 0 Å². The second-order valence-corrected chi connectivity index (χ2v) is 7.20. The van der Waals surface area contributed by atoms with Gasteiger partial charge in [0.2, 0.25) is 0 Å². The molecule has 4 rings (SSSR count). The van der Waals surface area contributed by atoms with E-state index in [-0.39, 0.29) is 27.7 Å². The molecule has 0 atom stereocenters. The molecule has 0 spiro atoms. The fourth-order valence-corrected chi connectivity index (χ4v) is 3.28. The van der Waals surface area contributed by atoms with Crippen molar-refractivity contribution >= 4 is 46.4 Å². The second kappa shape index (κ2) is 8.52. The first-order chi connectivity index (χ1) is 15.3. The fourth-order valence-electron chi connectivity index (χ4n) is 3.07. The van der Waals surface area contributed by atoms with E-state index in [4.69, 9.17) is 11.6 Å². The molecule has 0 aliphatic carbocycles. The molecule has 0 radical (unpaired) electrons. The number of nitrogens with zero attached hydrogens (tertiary/aromatic N) is 1. The summed E-state index contributed by atoms with van der Waals surface area (Å²) in [7, 11) is 0. The first-order valence-electron chi connectivity index (χ1n) is 9.35. The van der Waals surface area contributed by atoms with Crippen molar-refractivity contribution in [1.29, 1.82) is 0 Å². The van der Waals surface area contributed by atoms with Gasteiger partial charge >= 0.3 is 0 Å². The van der Waals surface area contributed by atoms with E-state index in [1.54, 1.807) is 30.3 Å². The quantitative estimate of drug-likeness (QED) is 0.398.